The number of morpholine rings is 1. The molecule has 1 aliphatic rings. The van der Waals surface area contributed by atoms with Crippen molar-refractivity contribution < 1.29 is 4.74 Å². The van der Waals surface area contributed by atoms with E-state index in [-0.39, 0.29) is 5.41 Å². The number of hydrogen-bond acceptors (Lipinski definition) is 3. The molecule has 2 aromatic heterocycles. The van der Waals surface area contributed by atoms with E-state index in [1.807, 2.05) is 0 Å². The lowest BCUT2D eigenvalue weighted by atomic mass is 9.92. The Morgan fingerprint density at radius 2 is 1.84 bits per heavy atom. The van der Waals surface area contributed by atoms with Gasteiger partial charge in [0.2, 0.25) is 5.78 Å². The fourth-order valence-corrected chi connectivity index (χ4v) is 3.75. The molecule has 0 radical (unpaired) electrons. The number of aromatic nitrogens is 3. The molecule has 1 aromatic carbocycles. The zero-order valence-corrected chi connectivity index (χ0v) is 15.5. The molecule has 0 bridgehead atoms. The molecular weight excluding hydrogens is 312 g/mol. The van der Waals surface area contributed by atoms with E-state index in [2.05, 4.69) is 65.1 Å². The van der Waals surface area contributed by atoms with Crippen LogP contribution in [-0.2, 0) is 16.7 Å². The monoisotopic (exact) mass is 340 g/mol. The highest BCUT2D eigenvalue weighted by Crippen LogP contribution is 2.28. The van der Waals surface area contributed by atoms with Gasteiger partial charge in [-0.05, 0) is 18.6 Å². The molecule has 5 nitrogen and oxygen atoms in total. The second kappa shape index (κ2) is 6.46. The van der Waals surface area contributed by atoms with Crippen molar-refractivity contribution >= 4 is 16.8 Å². The number of hydrogen-bond donors (Lipinski definition) is 0. The van der Waals surface area contributed by atoms with Crippen LogP contribution in [-0.4, -0.2) is 51.7 Å². The summed E-state index contributed by atoms with van der Waals surface area (Å²) in [4.78, 5) is 7.41. The predicted molar refractivity (Wildman–Crippen MR) is 101 cm³/mol. The van der Waals surface area contributed by atoms with E-state index in [1.165, 1.54) is 11.2 Å². The van der Waals surface area contributed by atoms with Crippen molar-refractivity contribution in [3.05, 3.63) is 36.2 Å². The van der Waals surface area contributed by atoms with Crippen LogP contribution in [0.15, 0.2) is 30.5 Å². The largest absolute Gasteiger partial charge is 0.379 e. The Kier molecular flexibility index (Phi) is 4.29. The Balaban J connectivity index is 1.64. The van der Waals surface area contributed by atoms with Crippen LogP contribution in [0.4, 0.5) is 0 Å². The van der Waals surface area contributed by atoms with E-state index in [1.54, 1.807) is 0 Å². The lowest BCUT2D eigenvalue weighted by Crippen LogP contribution is -2.37. The molecule has 0 amide bonds. The summed E-state index contributed by atoms with van der Waals surface area (Å²) >= 11 is 0. The Labute approximate surface area is 149 Å². The molecule has 1 aliphatic heterocycles. The maximum atomic E-state index is 5.45. The second-order valence-corrected chi connectivity index (χ2v) is 7.99. The lowest BCUT2D eigenvalue weighted by molar-refractivity contribution is 0.0369. The first-order chi connectivity index (χ1) is 12.0. The van der Waals surface area contributed by atoms with Crippen LogP contribution in [0.1, 0.15) is 32.9 Å². The summed E-state index contributed by atoms with van der Waals surface area (Å²) in [7, 11) is 0. The number of aryl methyl sites for hydroxylation is 1. The Morgan fingerprint density at radius 3 is 2.60 bits per heavy atom. The lowest BCUT2D eigenvalue weighted by Gasteiger charge is -2.27. The average Bonchev–Trinajstić information content (AvgIpc) is 3.12. The Bertz CT molecular complexity index is 865. The number of fused-ring (bicyclic) bond motifs is 3. The fourth-order valence-electron chi connectivity index (χ4n) is 3.75. The van der Waals surface area contributed by atoms with Gasteiger partial charge in [0.05, 0.1) is 24.2 Å². The summed E-state index contributed by atoms with van der Waals surface area (Å²) in [6.45, 7) is 12.8. The van der Waals surface area contributed by atoms with Crippen LogP contribution in [0, 0.1) is 0 Å². The first-order valence-corrected chi connectivity index (χ1v) is 9.31. The van der Waals surface area contributed by atoms with Crippen molar-refractivity contribution in [2.75, 3.05) is 32.8 Å². The topological polar surface area (TPSA) is 34.7 Å². The molecule has 3 aromatic rings. The molecule has 134 valence electrons. The third-order valence-electron chi connectivity index (χ3n) is 5.09. The molecule has 25 heavy (non-hydrogen) atoms. The average molecular weight is 340 g/mol. The summed E-state index contributed by atoms with van der Waals surface area (Å²) < 4.78 is 10.1. The maximum Gasteiger partial charge on any atom is 0.215 e. The van der Waals surface area contributed by atoms with Gasteiger partial charge in [-0.15, -0.1) is 0 Å². The number of ether oxygens (including phenoxy) is 1. The van der Waals surface area contributed by atoms with E-state index in [0.717, 1.165) is 57.1 Å². The van der Waals surface area contributed by atoms with Crippen LogP contribution < -0.4 is 0 Å². The van der Waals surface area contributed by atoms with E-state index < -0.39 is 0 Å². The summed E-state index contributed by atoms with van der Waals surface area (Å²) in [5, 5.41) is 0. The molecular formula is C20H28N4O. The SMILES string of the molecule is CC(C)(C)c1cn2c3ccccc3nc2n1CCCN1CCOCC1. The minimum absolute atomic E-state index is 0.0980. The van der Waals surface area contributed by atoms with Crippen LogP contribution in [0.3, 0.4) is 0 Å². The van der Waals surface area contributed by atoms with Crippen molar-refractivity contribution in [1.29, 1.82) is 0 Å². The number of benzene rings is 1. The summed E-state index contributed by atoms with van der Waals surface area (Å²) in [5.74, 6) is 1.06. The first kappa shape index (κ1) is 16.6. The number of rotatable bonds is 4. The van der Waals surface area contributed by atoms with Crippen molar-refractivity contribution in [3.8, 4) is 0 Å². The number of para-hydroxylation sites is 2. The standard InChI is InChI=1S/C20H28N4O/c1-20(2,3)18-15-24-17-8-5-4-7-16(17)21-19(24)23(18)10-6-9-22-11-13-25-14-12-22/h4-5,7-8,15H,6,9-14H2,1-3H3. The Hall–Kier alpha value is -1.85. The van der Waals surface area contributed by atoms with Gasteiger partial charge in [-0.1, -0.05) is 32.9 Å². The van der Waals surface area contributed by atoms with E-state index in [9.17, 15) is 0 Å². The minimum Gasteiger partial charge on any atom is -0.379 e. The van der Waals surface area contributed by atoms with Gasteiger partial charge in [0, 0.05) is 43.5 Å². The maximum absolute atomic E-state index is 5.45. The highest BCUT2D eigenvalue weighted by atomic mass is 16.5. The zero-order valence-electron chi connectivity index (χ0n) is 15.5. The van der Waals surface area contributed by atoms with Gasteiger partial charge in [0.25, 0.3) is 0 Å². The van der Waals surface area contributed by atoms with Crippen LogP contribution >= 0.6 is 0 Å². The highest BCUT2D eigenvalue weighted by Gasteiger charge is 2.23. The molecule has 3 heterocycles. The molecule has 1 fully saturated rings. The van der Waals surface area contributed by atoms with Gasteiger partial charge < -0.3 is 9.30 Å². The molecule has 5 heteroatoms. The van der Waals surface area contributed by atoms with Crippen molar-refractivity contribution in [2.45, 2.75) is 39.2 Å². The van der Waals surface area contributed by atoms with E-state index in [4.69, 9.17) is 9.72 Å². The molecule has 0 unspecified atom stereocenters. The third kappa shape index (κ3) is 3.18. The van der Waals surface area contributed by atoms with Gasteiger partial charge >= 0.3 is 0 Å². The van der Waals surface area contributed by atoms with Gasteiger partial charge in [-0.2, -0.15) is 0 Å². The smallest absolute Gasteiger partial charge is 0.215 e. The quantitative estimate of drug-likeness (QED) is 0.731. The predicted octanol–water partition coefficient (Wildman–Crippen LogP) is 3.31. The highest BCUT2D eigenvalue weighted by molar-refractivity contribution is 5.79. The van der Waals surface area contributed by atoms with Crippen LogP contribution in [0.25, 0.3) is 16.8 Å². The van der Waals surface area contributed by atoms with Crippen LogP contribution in [0.5, 0.6) is 0 Å². The Morgan fingerprint density at radius 1 is 1.08 bits per heavy atom. The summed E-state index contributed by atoms with van der Waals surface area (Å²) in [6, 6.07) is 8.39. The molecule has 1 saturated heterocycles. The second-order valence-electron chi connectivity index (χ2n) is 7.99. The summed E-state index contributed by atoms with van der Waals surface area (Å²) in [6.07, 6.45) is 3.41. The van der Waals surface area contributed by atoms with Crippen molar-refractivity contribution in [2.24, 2.45) is 0 Å². The van der Waals surface area contributed by atoms with Crippen molar-refractivity contribution in [3.63, 3.8) is 0 Å². The summed E-state index contributed by atoms with van der Waals surface area (Å²) in [5.41, 5.74) is 3.71. The van der Waals surface area contributed by atoms with Gasteiger partial charge in [-0.25, -0.2) is 4.98 Å². The van der Waals surface area contributed by atoms with Crippen molar-refractivity contribution in [1.82, 2.24) is 18.9 Å². The third-order valence-corrected chi connectivity index (χ3v) is 5.09. The number of nitrogens with zero attached hydrogens (tertiary/aromatic N) is 4. The molecule has 0 saturated carbocycles. The van der Waals surface area contributed by atoms with Gasteiger partial charge in [-0.3, -0.25) is 9.30 Å². The van der Waals surface area contributed by atoms with Gasteiger partial charge in [0.15, 0.2) is 0 Å². The molecule has 0 atom stereocenters. The molecule has 4 rings (SSSR count). The van der Waals surface area contributed by atoms with E-state index >= 15 is 0 Å². The molecule has 0 aliphatic carbocycles. The first-order valence-electron chi connectivity index (χ1n) is 9.31. The fraction of sp³-hybridized carbons (Fsp3) is 0.550. The zero-order chi connectivity index (χ0) is 17.4. The molecule has 0 N–H and O–H groups in total. The minimum atomic E-state index is 0.0980. The van der Waals surface area contributed by atoms with E-state index in [0.29, 0.717) is 0 Å². The number of imidazole rings is 2. The van der Waals surface area contributed by atoms with Crippen LogP contribution in [0.2, 0.25) is 0 Å². The molecule has 0 spiro atoms. The van der Waals surface area contributed by atoms with Gasteiger partial charge in [0.1, 0.15) is 0 Å². The normalized spacial score (nSPS) is 16.9.